The van der Waals surface area contributed by atoms with Gasteiger partial charge in [0, 0.05) is 24.5 Å². The summed E-state index contributed by atoms with van der Waals surface area (Å²) in [7, 11) is 2.81. The van der Waals surface area contributed by atoms with Crippen LogP contribution in [0.15, 0.2) is 23.8 Å². The third kappa shape index (κ3) is 1.45. The van der Waals surface area contributed by atoms with Gasteiger partial charge in [-0.1, -0.05) is 18.2 Å². The number of hydrogen-bond acceptors (Lipinski definition) is 5. The molecule has 0 aromatic heterocycles. The van der Waals surface area contributed by atoms with Crippen LogP contribution in [0, 0.1) is 23.7 Å². The van der Waals surface area contributed by atoms with Crippen LogP contribution in [0.5, 0.6) is 0 Å². The Kier molecular flexibility index (Phi) is 3.06. The van der Waals surface area contributed by atoms with E-state index in [1.807, 2.05) is 19.1 Å². The van der Waals surface area contributed by atoms with Crippen molar-refractivity contribution in [1.82, 2.24) is 0 Å². The van der Waals surface area contributed by atoms with Crippen LogP contribution in [0.2, 0.25) is 0 Å². The Morgan fingerprint density at radius 3 is 2.85 bits per heavy atom. The van der Waals surface area contributed by atoms with Crippen LogP contribution >= 0.6 is 0 Å². The van der Waals surface area contributed by atoms with Gasteiger partial charge in [-0.05, 0) is 12.8 Å². The lowest BCUT2D eigenvalue weighted by atomic mass is 9.57. The molecule has 0 amide bonds. The second-order valence-electron chi connectivity index (χ2n) is 5.43. The van der Waals surface area contributed by atoms with Crippen molar-refractivity contribution in [1.29, 1.82) is 0 Å². The summed E-state index contributed by atoms with van der Waals surface area (Å²) in [6.07, 6.45) is 5.71. The van der Waals surface area contributed by atoms with E-state index in [0.29, 0.717) is 12.2 Å². The van der Waals surface area contributed by atoms with E-state index in [2.05, 4.69) is 0 Å². The number of hydrogen-bond donors (Lipinski definition) is 0. The molecule has 1 saturated carbocycles. The predicted octanol–water partition coefficient (Wildman–Crippen LogP) is 1.10. The maximum absolute atomic E-state index is 12.7. The molecule has 4 rings (SSSR count). The molecule has 1 saturated heterocycles. The van der Waals surface area contributed by atoms with Gasteiger partial charge in [-0.25, -0.2) is 4.79 Å². The second kappa shape index (κ2) is 4.53. The maximum atomic E-state index is 12.7. The zero-order valence-electron chi connectivity index (χ0n) is 11.8. The van der Waals surface area contributed by atoms with Gasteiger partial charge in [0.15, 0.2) is 5.78 Å². The topological polar surface area (TPSA) is 61.8 Å². The molecule has 0 N–H and O–H groups in total. The Hall–Kier alpha value is -1.46. The minimum atomic E-state index is -1.30. The molecule has 4 aliphatic rings. The van der Waals surface area contributed by atoms with Crippen molar-refractivity contribution in [2.45, 2.75) is 12.7 Å². The molecule has 0 aromatic rings. The number of Topliss-reactive ketones (excluding diaryl/α,β-unsaturated/α-hetero) is 1. The molecule has 5 nitrogen and oxygen atoms in total. The highest BCUT2D eigenvalue weighted by Gasteiger charge is 2.68. The predicted molar refractivity (Wildman–Crippen MR) is 69.6 cm³/mol. The Morgan fingerprint density at radius 1 is 1.50 bits per heavy atom. The molecule has 0 radical (unpaired) electrons. The van der Waals surface area contributed by atoms with Crippen molar-refractivity contribution in [3.63, 3.8) is 0 Å². The van der Waals surface area contributed by atoms with Gasteiger partial charge in [0.1, 0.15) is 0 Å². The molecule has 0 spiro atoms. The standard InChI is InChI=1S/C15H18O5/c1-4-5-8-9-6-10(14(17)18-2)12-11(8)7-20-15(12,19-3)13(9)16/h4-6,8-9,11-12H,7H2,1-3H3/b5-4+/t8-,9+,11+,12-,15+/m0/s1. The third-order valence-corrected chi connectivity index (χ3v) is 4.72. The van der Waals surface area contributed by atoms with Crippen LogP contribution in [-0.4, -0.2) is 38.4 Å². The molecule has 108 valence electrons. The van der Waals surface area contributed by atoms with Gasteiger partial charge in [-0.2, -0.15) is 0 Å². The van der Waals surface area contributed by atoms with Crippen LogP contribution < -0.4 is 0 Å². The van der Waals surface area contributed by atoms with E-state index < -0.39 is 11.8 Å². The fraction of sp³-hybridized carbons (Fsp3) is 0.600. The molecular formula is C15H18O5. The SMILES string of the molecule is C/C=C/[C@@H]1[C@H]2CO[C@@]3(OC)C(=O)[C@@H]1C=C(C(=O)OC)[C@@H]23. The number of allylic oxidation sites excluding steroid dienone is 3. The molecule has 1 aliphatic heterocycles. The van der Waals surface area contributed by atoms with Crippen LogP contribution in [0.3, 0.4) is 0 Å². The highest BCUT2D eigenvalue weighted by atomic mass is 16.7. The first-order valence-electron chi connectivity index (χ1n) is 6.77. The Bertz CT molecular complexity index is 520. The van der Waals surface area contributed by atoms with Gasteiger partial charge in [0.25, 0.3) is 0 Å². The van der Waals surface area contributed by atoms with Gasteiger partial charge in [0.2, 0.25) is 5.79 Å². The summed E-state index contributed by atoms with van der Waals surface area (Å²) >= 11 is 0. The number of methoxy groups -OCH3 is 2. The summed E-state index contributed by atoms with van der Waals surface area (Å²) in [5.41, 5.74) is 0.516. The molecule has 4 bridgehead atoms. The molecule has 0 unspecified atom stereocenters. The van der Waals surface area contributed by atoms with Crippen molar-refractivity contribution in [2.75, 3.05) is 20.8 Å². The lowest BCUT2D eigenvalue weighted by Gasteiger charge is -2.47. The van der Waals surface area contributed by atoms with Crippen molar-refractivity contribution in [3.05, 3.63) is 23.8 Å². The summed E-state index contributed by atoms with van der Waals surface area (Å²) in [4.78, 5) is 24.6. The molecule has 2 fully saturated rings. The van der Waals surface area contributed by atoms with Gasteiger partial charge >= 0.3 is 5.97 Å². The van der Waals surface area contributed by atoms with Crippen molar-refractivity contribution in [3.8, 4) is 0 Å². The molecule has 1 heterocycles. The highest BCUT2D eigenvalue weighted by molar-refractivity contribution is 6.00. The summed E-state index contributed by atoms with van der Waals surface area (Å²) < 4.78 is 16.0. The van der Waals surface area contributed by atoms with E-state index >= 15 is 0 Å². The Labute approximate surface area is 117 Å². The second-order valence-corrected chi connectivity index (χ2v) is 5.43. The third-order valence-electron chi connectivity index (χ3n) is 4.72. The molecule has 3 aliphatic carbocycles. The normalized spacial score (nSPS) is 42.1. The molecule has 5 atom stereocenters. The first-order valence-corrected chi connectivity index (χ1v) is 6.77. The van der Waals surface area contributed by atoms with E-state index in [1.54, 1.807) is 6.08 Å². The van der Waals surface area contributed by atoms with Crippen LogP contribution in [0.1, 0.15) is 6.92 Å². The minimum absolute atomic E-state index is 0.0664. The summed E-state index contributed by atoms with van der Waals surface area (Å²) in [6, 6.07) is 0. The summed E-state index contributed by atoms with van der Waals surface area (Å²) in [5.74, 6) is -2.40. The van der Waals surface area contributed by atoms with Crippen molar-refractivity contribution >= 4 is 11.8 Å². The van der Waals surface area contributed by atoms with Gasteiger partial charge in [0.05, 0.1) is 19.6 Å². The van der Waals surface area contributed by atoms with E-state index in [1.165, 1.54) is 14.2 Å². The van der Waals surface area contributed by atoms with Crippen LogP contribution in [0.4, 0.5) is 0 Å². The lowest BCUT2D eigenvalue weighted by molar-refractivity contribution is -0.218. The van der Waals surface area contributed by atoms with E-state index in [9.17, 15) is 9.59 Å². The monoisotopic (exact) mass is 278 g/mol. The first-order chi connectivity index (χ1) is 9.60. The fourth-order valence-corrected chi connectivity index (χ4v) is 3.92. The average molecular weight is 278 g/mol. The van der Waals surface area contributed by atoms with Crippen LogP contribution in [-0.2, 0) is 23.8 Å². The molecule has 5 heteroatoms. The number of carbonyl (C=O) groups is 2. The molecule has 20 heavy (non-hydrogen) atoms. The van der Waals surface area contributed by atoms with E-state index in [-0.39, 0.29) is 29.5 Å². The smallest absolute Gasteiger partial charge is 0.333 e. The van der Waals surface area contributed by atoms with E-state index in [4.69, 9.17) is 14.2 Å². The molecule has 0 aromatic carbocycles. The quantitative estimate of drug-likeness (QED) is 0.571. The first kappa shape index (κ1) is 13.5. The molecular weight excluding hydrogens is 260 g/mol. The summed E-state index contributed by atoms with van der Waals surface area (Å²) in [5, 5.41) is 0. The van der Waals surface area contributed by atoms with Crippen LogP contribution in [0.25, 0.3) is 0 Å². The Morgan fingerprint density at radius 2 is 2.25 bits per heavy atom. The largest absolute Gasteiger partial charge is 0.466 e. The van der Waals surface area contributed by atoms with Gasteiger partial charge in [-0.15, -0.1) is 0 Å². The van der Waals surface area contributed by atoms with Crippen molar-refractivity contribution in [2.24, 2.45) is 23.7 Å². The summed E-state index contributed by atoms with van der Waals surface area (Å²) in [6.45, 7) is 2.35. The minimum Gasteiger partial charge on any atom is -0.466 e. The van der Waals surface area contributed by atoms with Crippen molar-refractivity contribution < 1.29 is 23.8 Å². The zero-order chi connectivity index (χ0) is 14.5. The van der Waals surface area contributed by atoms with Gasteiger partial charge < -0.3 is 14.2 Å². The Balaban J connectivity index is 2.13. The average Bonchev–Trinajstić information content (AvgIpc) is 2.83. The number of esters is 1. The zero-order valence-corrected chi connectivity index (χ0v) is 11.8. The number of rotatable bonds is 3. The maximum Gasteiger partial charge on any atom is 0.333 e. The van der Waals surface area contributed by atoms with E-state index in [0.717, 1.165) is 0 Å². The number of ketones is 1. The number of ether oxygens (including phenoxy) is 3. The van der Waals surface area contributed by atoms with Gasteiger partial charge in [-0.3, -0.25) is 4.79 Å². The highest BCUT2D eigenvalue weighted by Crippen LogP contribution is 2.57. The fourth-order valence-electron chi connectivity index (χ4n) is 3.92. The lowest BCUT2D eigenvalue weighted by Crippen LogP contribution is -2.59. The number of carbonyl (C=O) groups excluding carboxylic acids is 2.